The SMILES string of the molecule is CCCc1[nH]c(CCC(F)(F)F)nc(=S)c1Br. The first kappa shape index (κ1) is 14.6. The molecule has 0 amide bonds. The number of H-pyrrole nitrogens is 1. The minimum absolute atomic E-state index is 0.170. The van der Waals surface area contributed by atoms with Crippen LogP contribution in [0.25, 0.3) is 0 Å². The molecule has 0 saturated carbocycles. The molecule has 0 saturated heterocycles. The molecule has 0 fully saturated rings. The summed E-state index contributed by atoms with van der Waals surface area (Å²) in [7, 11) is 0. The highest BCUT2D eigenvalue weighted by Crippen LogP contribution is 2.22. The predicted molar refractivity (Wildman–Crippen MR) is 65.5 cm³/mol. The molecule has 1 N–H and O–H groups in total. The van der Waals surface area contributed by atoms with Crippen molar-refractivity contribution in [1.82, 2.24) is 9.97 Å². The second-order valence-corrected chi connectivity index (χ2v) is 4.83. The van der Waals surface area contributed by atoms with E-state index in [1.807, 2.05) is 6.92 Å². The van der Waals surface area contributed by atoms with Gasteiger partial charge >= 0.3 is 6.18 Å². The first-order valence-electron chi connectivity index (χ1n) is 5.18. The molecule has 1 rings (SSSR count). The highest BCUT2D eigenvalue weighted by atomic mass is 79.9. The van der Waals surface area contributed by atoms with Crippen molar-refractivity contribution in [3.63, 3.8) is 0 Å². The van der Waals surface area contributed by atoms with Crippen molar-refractivity contribution < 1.29 is 13.2 Å². The summed E-state index contributed by atoms with van der Waals surface area (Å²) < 4.78 is 37.3. The fourth-order valence-corrected chi connectivity index (χ4v) is 1.98. The molecule has 1 aromatic rings. The zero-order chi connectivity index (χ0) is 13.1. The van der Waals surface area contributed by atoms with Gasteiger partial charge in [-0.3, -0.25) is 0 Å². The number of nitrogens with one attached hydrogen (secondary N) is 1. The van der Waals surface area contributed by atoms with Crippen LogP contribution in [-0.4, -0.2) is 16.1 Å². The zero-order valence-corrected chi connectivity index (χ0v) is 11.6. The molecule has 7 heteroatoms. The van der Waals surface area contributed by atoms with Crippen LogP contribution in [0.5, 0.6) is 0 Å². The first-order valence-corrected chi connectivity index (χ1v) is 6.38. The minimum atomic E-state index is -4.17. The lowest BCUT2D eigenvalue weighted by atomic mass is 10.2. The van der Waals surface area contributed by atoms with E-state index in [1.54, 1.807) is 0 Å². The fraction of sp³-hybridized carbons (Fsp3) is 0.600. The number of halogens is 4. The van der Waals surface area contributed by atoms with Gasteiger partial charge in [0, 0.05) is 12.1 Å². The van der Waals surface area contributed by atoms with Gasteiger partial charge < -0.3 is 4.98 Å². The van der Waals surface area contributed by atoms with Gasteiger partial charge in [-0.15, -0.1) is 0 Å². The van der Waals surface area contributed by atoms with Gasteiger partial charge in [0.05, 0.1) is 10.9 Å². The van der Waals surface area contributed by atoms with Gasteiger partial charge in [-0.05, 0) is 22.4 Å². The van der Waals surface area contributed by atoms with Crippen molar-refractivity contribution in [2.24, 2.45) is 0 Å². The molecule has 0 spiro atoms. The Balaban J connectivity index is 2.91. The number of nitrogens with zero attached hydrogens (tertiary/aromatic N) is 1. The van der Waals surface area contributed by atoms with Crippen molar-refractivity contribution in [1.29, 1.82) is 0 Å². The van der Waals surface area contributed by atoms with Crippen LogP contribution in [0, 0.1) is 4.64 Å². The lowest BCUT2D eigenvalue weighted by Crippen LogP contribution is -2.11. The second-order valence-electron chi connectivity index (χ2n) is 3.65. The maximum atomic E-state index is 12.1. The summed E-state index contributed by atoms with van der Waals surface area (Å²) in [5.74, 6) is 0.291. The Morgan fingerprint density at radius 2 is 2.00 bits per heavy atom. The summed E-state index contributed by atoms with van der Waals surface area (Å²) in [6, 6.07) is 0. The summed E-state index contributed by atoms with van der Waals surface area (Å²) in [6.45, 7) is 1.99. The Hall–Kier alpha value is -0.430. The van der Waals surface area contributed by atoms with Gasteiger partial charge in [0.15, 0.2) is 0 Å². The van der Waals surface area contributed by atoms with Crippen LogP contribution < -0.4 is 0 Å². The van der Waals surface area contributed by atoms with Crippen molar-refractivity contribution in [3.05, 3.63) is 20.6 Å². The zero-order valence-electron chi connectivity index (χ0n) is 9.20. The van der Waals surface area contributed by atoms with Crippen LogP contribution in [0.2, 0.25) is 0 Å². The molecule has 2 nitrogen and oxygen atoms in total. The Kier molecular flexibility index (Phi) is 5.12. The van der Waals surface area contributed by atoms with E-state index < -0.39 is 12.6 Å². The molecule has 0 bridgehead atoms. The van der Waals surface area contributed by atoms with E-state index in [4.69, 9.17) is 12.2 Å². The molecule has 96 valence electrons. The van der Waals surface area contributed by atoms with Gasteiger partial charge in [-0.2, -0.15) is 13.2 Å². The van der Waals surface area contributed by atoms with E-state index in [0.717, 1.165) is 18.5 Å². The Labute approximate surface area is 111 Å². The van der Waals surface area contributed by atoms with Gasteiger partial charge in [0.25, 0.3) is 0 Å². The molecule has 1 heterocycles. The number of aryl methyl sites for hydroxylation is 2. The number of aromatic nitrogens is 2. The fourth-order valence-electron chi connectivity index (χ4n) is 1.36. The van der Waals surface area contributed by atoms with E-state index in [-0.39, 0.29) is 6.42 Å². The molecule has 0 unspecified atom stereocenters. The molecular formula is C10H12BrF3N2S. The molecule has 0 radical (unpaired) electrons. The summed E-state index contributed by atoms with van der Waals surface area (Å²) in [5, 5.41) is 0. The van der Waals surface area contributed by atoms with Crippen LogP contribution in [0.15, 0.2) is 4.47 Å². The van der Waals surface area contributed by atoms with Crippen molar-refractivity contribution in [2.75, 3.05) is 0 Å². The molecule has 0 aromatic carbocycles. The van der Waals surface area contributed by atoms with Crippen LogP contribution in [0.4, 0.5) is 13.2 Å². The van der Waals surface area contributed by atoms with E-state index in [9.17, 15) is 13.2 Å². The molecular weight excluding hydrogens is 317 g/mol. The first-order chi connectivity index (χ1) is 7.83. The number of alkyl halides is 3. The summed E-state index contributed by atoms with van der Waals surface area (Å²) in [6.07, 6.45) is -3.62. The predicted octanol–water partition coefficient (Wildman–Crippen LogP) is 4.35. The largest absolute Gasteiger partial charge is 0.389 e. The Morgan fingerprint density at radius 1 is 1.35 bits per heavy atom. The van der Waals surface area contributed by atoms with E-state index >= 15 is 0 Å². The Morgan fingerprint density at radius 3 is 2.53 bits per heavy atom. The highest BCUT2D eigenvalue weighted by molar-refractivity contribution is 9.10. The van der Waals surface area contributed by atoms with Crippen LogP contribution in [0.1, 0.15) is 31.3 Å². The molecule has 1 aromatic heterocycles. The molecule has 0 aliphatic rings. The van der Waals surface area contributed by atoms with Crippen molar-refractivity contribution in [3.8, 4) is 0 Å². The maximum absolute atomic E-state index is 12.1. The number of rotatable bonds is 4. The van der Waals surface area contributed by atoms with Crippen LogP contribution >= 0.6 is 28.1 Å². The van der Waals surface area contributed by atoms with Crippen LogP contribution in [-0.2, 0) is 12.8 Å². The van der Waals surface area contributed by atoms with Crippen molar-refractivity contribution >= 4 is 28.1 Å². The summed E-state index contributed by atoms with van der Waals surface area (Å²) in [4.78, 5) is 6.83. The third-order valence-electron chi connectivity index (χ3n) is 2.13. The second kappa shape index (κ2) is 5.95. The molecule has 0 atom stereocenters. The lowest BCUT2D eigenvalue weighted by Gasteiger charge is -2.09. The monoisotopic (exact) mass is 328 g/mol. The van der Waals surface area contributed by atoms with Gasteiger partial charge in [0.2, 0.25) is 0 Å². The molecule has 0 aliphatic heterocycles. The maximum Gasteiger partial charge on any atom is 0.389 e. The highest BCUT2D eigenvalue weighted by Gasteiger charge is 2.27. The summed E-state index contributed by atoms with van der Waals surface area (Å²) in [5.41, 5.74) is 0.810. The number of aromatic amines is 1. The van der Waals surface area contributed by atoms with Gasteiger partial charge in [-0.25, -0.2) is 4.98 Å². The Bertz CT molecular complexity index is 442. The van der Waals surface area contributed by atoms with Gasteiger partial charge in [0.1, 0.15) is 10.5 Å². The third kappa shape index (κ3) is 4.75. The van der Waals surface area contributed by atoms with E-state index in [2.05, 4.69) is 25.9 Å². The topological polar surface area (TPSA) is 28.7 Å². The molecule has 17 heavy (non-hydrogen) atoms. The van der Waals surface area contributed by atoms with Crippen molar-refractivity contribution in [2.45, 2.75) is 38.8 Å². The lowest BCUT2D eigenvalue weighted by molar-refractivity contribution is -0.134. The van der Waals surface area contributed by atoms with E-state index in [1.165, 1.54) is 0 Å². The summed E-state index contributed by atoms with van der Waals surface area (Å²) >= 11 is 8.28. The molecule has 0 aliphatic carbocycles. The number of hydrogen-bond acceptors (Lipinski definition) is 2. The normalized spacial score (nSPS) is 11.8. The minimum Gasteiger partial charge on any atom is -0.346 e. The average molecular weight is 329 g/mol. The van der Waals surface area contributed by atoms with Gasteiger partial charge in [-0.1, -0.05) is 25.6 Å². The quantitative estimate of drug-likeness (QED) is 0.832. The standard InChI is InChI=1S/C10H12BrF3N2S/c1-2-3-6-8(11)9(17)16-7(15-6)4-5-10(12,13)14/h2-5H2,1H3,(H,15,16,17). The smallest absolute Gasteiger partial charge is 0.346 e. The average Bonchev–Trinajstić information content (AvgIpc) is 2.21. The van der Waals surface area contributed by atoms with Crippen LogP contribution in [0.3, 0.4) is 0 Å². The third-order valence-corrected chi connectivity index (χ3v) is 3.54. The number of hydrogen-bond donors (Lipinski definition) is 1. The van der Waals surface area contributed by atoms with E-state index in [0.29, 0.717) is 14.9 Å².